The van der Waals surface area contributed by atoms with E-state index in [2.05, 4.69) is 19.9 Å². The predicted molar refractivity (Wildman–Crippen MR) is 54.8 cm³/mol. The first-order chi connectivity index (χ1) is 4.81. The molecule has 58 valence electrons. The van der Waals surface area contributed by atoms with Crippen LogP contribution in [0.15, 0.2) is 12.2 Å². The van der Waals surface area contributed by atoms with Gasteiger partial charge in [-0.15, -0.1) is 11.8 Å². The Morgan fingerprint density at radius 3 is 2.70 bits per heavy atom. The zero-order chi connectivity index (χ0) is 7.82. The van der Waals surface area contributed by atoms with Crippen molar-refractivity contribution in [2.45, 2.75) is 26.7 Å². The predicted octanol–water partition coefficient (Wildman–Crippen LogP) is 3.42. The number of rotatable bonds is 4. The molecule has 2 heteroatoms. The van der Waals surface area contributed by atoms with Crippen molar-refractivity contribution in [3.8, 4) is 0 Å². The lowest BCUT2D eigenvalue weighted by molar-refractivity contribution is 0.960. The summed E-state index contributed by atoms with van der Waals surface area (Å²) in [4.78, 5) is 0. The summed E-state index contributed by atoms with van der Waals surface area (Å²) in [5.74, 6) is 1.08. The van der Waals surface area contributed by atoms with Crippen LogP contribution in [0.5, 0.6) is 0 Å². The molecule has 0 saturated heterocycles. The van der Waals surface area contributed by atoms with Crippen LogP contribution in [-0.4, -0.2) is 9.95 Å². The monoisotopic (exact) mass is 174 g/mol. The molecule has 0 aromatic rings. The Hall–Kier alpha value is 0.180. The van der Waals surface area contributed by atoms with Crippen LogP contribution in [0.3, 0.4) is 0 Å². The molecule has 0 radical (unpaired) electrons. The summed E-state index contributed by atoms with van der Waals surface area (Å²) in [7, 11) is 0. The molecule has 0 heterocycles. The fourth-order valence-corrected chi connectivity index (χ4v) is 1.46. The standard InChI is InChI=1S/C8H14S2/c1-3-5-6-7-8(9)10-4-2/h6-7H,3-5H2,1-2H3/b7-6+. The molecule has 0 aliphatic heterocycles. The highest BCUT2D eigenvalue weighted by Gasteiger charge is 1.86. The minimum atomic E-state index is 1.01. The summed E-state index contributed by atoms with van der Waals surface area (Å²) in [5, 5.41) is 0. The zero-order valence-corrected chi connectivity index (χ0v) is 8.23. The summed E-state index contributed by atoms with van der Waals surface area (Å²) < 4.78 is 1.01. The fraction of sp³-hybridized carbons (Fsp3) is 0.625. The van der Waals surface area contributed by atoms with Crippen LogP contribution in [0.1, 0.15) is 26.7 Å². The lowest BCUT2D eigenvalue weighted by Crippen LogP contribution is -1.80. The molecule has 0 aliphatic carbocycles. The van der Waals surface area contributed by atoms with Crippen LogP contribution >= 0.6 is 24.0 Å². The third kappa shape index (κ3) is 6.30. The van der Waals surface area contributed by atoms with Crippen molar-refractivity contribution in [2.24, 2.45) is 0 Å². The SMILES string of the molecule is CCC/C=C/C(=S)SCC. The van der Waals surface area contributed by atoms with Gasteiger partial charge in [0.15, 0.2) is 0 Å². The Morgan fingerprint density at radius 1 is 1.50 bits per heavy atom. The third-order valence-electron chi connectivity index (χ3n) is 0.996. The molecule has 0 N–H and O–H groups in total. The second kappa shape index (κ2) is 7.29. The van der Waals surface area contributed by atoms with Crippen LogP contribution in [0.4, 0.5) is 0 Å². The molecule has 0 atom stereocenters. The quantitative estimate of drug-likeness (QED) is 0.473. The maximum atomic E-state index is 5.04. The van der Waals surface area contributed by atoms with Gasteiger partial charge in [-0.05, 0) is 18.2 Å². The molecule has 0 nitrogen and oxygen atoms in total. The minimum absolute atomic E-state index is 1.01. The summed E-state index contributed by atoms with van der Waals surface area (Å²) in [6, 6.07) is 0. The maximum absolute atomic E-state index is 5.04. The number of hydrogen-bond donors (Lipinski definition) is 0. The van der Waals surface area contributed by atoms with E-state index in [0.29, 0.717) is 0 Å². The lowest BCUT2D eigenvalue weighted by atomic mass is 10.3. The van der Waals surface area contributed by atoms with Crippen molar-refractivity contribution in [1.29, 1.82) is 0 Å². The molecule has 0 aromatic heterocycles. The summed E-state index contributed by atoms with van der Waals surface area (Å²) >= 11 is 6.77. The number of thioether (sulfide) groups is 1. The summed E-state index contributed by atoms with van der Waals surface area (Å²) in [6.07, 6.45) is 6.53. The topological polar surface area (TPSA) is 0 Å². The molecular weight excluding hydrogens is 160 g/mol. The van der Waals surface area contributed by atoms with Crippen molar-refractivity contribution >= 4 is 28.2 Å². The minimum Gasteiger partial charge on any atom is -0.115 e. The largest absolute Gasteiger partial charge is 0.115 e. The second-order valence-electron chi connectivity index (χ2n) is 1.94. The van der Waals surface area contributed by atoms with Crippen LogP contribution in [-0.2, 0) is 0 Å². The first-order valence-corrected chi connectivity index (χ1v) is 5.04. The second-order valence-corrected chi connectivity index (χ2v) is 3.95. The summed E-state index contributed by atoms with van der Waals surface area (Å²) in [6.45, 7) is 4.28. The highest BCUT2D eigenvalue weighted by Crippen LogP contribution is 2.04. The Balaban J connectivity index is 3.36. The molecule has 0 saturated carbocycles. The first-order valence-electron chi connectivity index (χ1n) is 3.64. The van der Waals surface area contributed by atoms with Gasteiger partial charge < -0.3 is 0 Å². The van der Waals surface area contributed by atoms with E-state index in [4.69, 9.17) is 12.2 Å². The van der Waals surface area contributed by atoms with Crippen LogP contribution in [0.2, 0.25) is 0 Å². The molecule has 10 heavy (non-hydrogen) atoms. The highest BCUT2D eigenvalue weighted by molar-refractivity contribution is 8.23. The van der Waals surface area contributed by atoms with Crippen LogP contribution in [0.25, 0.3) is 0 Å². The smallest absolute Gasteiger partial charge is 0.0702 e. The molecule has 0 amide bonds. The first kappa shape index (κ1) is 10.2. The van der Waals surface area contributed by atoms with E-state index in [1.165, 1.54) is 6.42 Å². The van der Waals surface area contributed by atoms with E-state index in [9.17, 15) is 0 Å². The van der Waals surface area contributed by atoms with E-state index >= 15 is 0 Å². The molecule has 0 rings (SSSR count). The molecule has 0 spiro atoms. The van der Waals surface area contributed by atoms with E-state index in [0.717, 1.165) is 16.4 Å². The van der Waals surface area contributed by atoms with Crippen LogP contribution < -0.4 is 0 Å². The molecule has 0 unspecified atom stereocenters. The van der Waals surface area contributed by atoms with Gasteiger partial charge in [-0.25, -0.2) is 0 Å². The van der Waals surface area contributed by atoms with Gasteiger partial charge >= 0.3 is 0 Å². The number of allylic oxidation sites excluding steroid dienone is 1. The van der Waals surface area contributed by atoms with Crippen molar-refractivity contribution in [2.75, 3.05) is 5.75 Å². The van der Waals surface area contributed by atoms with Gasteiger partial charge in [-0.1, -0.05) is 38.6 Å². The molecule has 0 aliphatic rings. The highest BCUT2D eigenvalue weighted by atomic mass is 32.2. The van der Waals surface area contributed by atoms with Gasteiger partial charge in [0, 0.05) is 0 Å². The Labute approximate surface area is 73.1 Å². The van der Waals surface area contributed by atoms with Crippen molar-refractivity contribution in [3.05, 3.63) is 12.2 Å². The van der Waals surface area contributed by atoms with Gasteiger partial charge in [0.25, 0.3) is 0 Å². The van der Waals surface area contributed by atoms with E-state index in [1.54, 1.807) is 11.8 Å². The van der Waals surface area contributed by atoms with Crippen molar-refractivity contribution in [3.63, 3.8) is 0 Å². The molecule has 0 fully saturated rings. The Kier molecular flexibility index (Phi) is 7.42. The fourth-order valence-electron chi connectivity index (χ4n) is 0.537. The Morgan fingerprint density at radius 2 is 2.20 bits per heavy atom. The molecule has 0 bridgehead atoms. The van der Waals surface area contributed by atoms with E-state index in [1.807, 2.05) is 6.08 Å². The average Bonchev–Trinajstić information content (AvgIpc) is 1.89. The van der Waals surface area contributed by atoms with Gasteiger partial charge in [0.05, 0.1) is 4.20 Å². The van der Waals surface area contributed by atoms with Gasteiger partial charge in [-0.2, -0.15) is 0 Å². The maximum Gasteiger partial charge on any atom is 0.0702 e. The zero-order valence-electron chi connectivity index (χ0n) is 6.59. The number of hydrogen-bond acceptors (Lipinski definition) is 2. The molecular formula is C8H14S2. The number of thiocarbonyl (C=S) groups is 1. The number of unbranched alkanes of at least 4 members (excludes halogenated alkanes) is 1. The average molecular weight is 174 g/mol. The third-order valence-corrected chi connectivity index (χ3v) is 2.19. The van der Waals surface area contributed by atoms with E-state index in [-0.39, 0.29) is 0 Å². The van der Waals surface area contributed by atoms with Crippen LogP contribution in [0, 0.1) is 0 Å². The van der Waals surface area contributed by atoms with Gasteiger partial charge in [0.2, 0.25) is 0 Å². The van der Waals surface area contributed by atoms with E-state index < -0.39 is 0 Å². The van der Waals surface area contributed by atoms with Gasteiger partial charge in [0.1, 0.15) is 0 Å². The van der Waals surface area contributed by atoms with Crippen molar-refractivity contribution in [1.82, 2.24) is 0 Å². The molecule has 0 aromatic carbocycles. The van der Waals surface area contributed by atoms with Crippen molar-refractivity contribution < 1.29 is 0 Å². The lowest BCUT2D eigenvalue weighted by Gasteiger charge is -1.90. The van der Waals surface area contributed by atoms with Gasteiger partial charge in [-0.3, -0.25) is 0 Å². The summed E-state index contributed by atoms with van der Waals surface area (Å²) in [5.41, 5.74) is 0. The Bertz CT molecular complexity index is 116. The normalized spacial score (nSPS) is 10.6.